The minimum atomic E-state index is -0.463. The van der Waals surface area contributed by atoms with E-state index in [0.717, 1.165) is 39.4 Å². The molecule has 0 saturated carbocycles. The van der Waals surface area contributed by atoms with Crippen LogP contribution in [0.5, 0.6) is 11.5 Å². The Morgan fingerprint density at radius 1 is 1.12 bits per heavy atom. The molecule has 3 aliphatic rings. The van der Waals surface area contributed by atoms with Crippen LogP contribution in [0, 0.1) is 11.3 Å². The molecule has 16 heteroatoms. The fraction of sp³-hybridized carbons (Fsp3) is 0.514. The predicted molar refractivity (Wildman–Crippen MR) is 194 cm³/mol. The Morgan fingerprint density at radius 3 is 2.35 bits per heavy atom. The Morgan fingerprint density at radius 2 is 1.78 bits per heavy atom. The lowest BCUT2D eigenvalue weighted by Crippen LogP contribution is -2.60. The first-order chi connectivity index (χ1) is 24.5. The summed E-state index contributed by atoms with van der Waals surface area (Å²) in [6.07, 6.45) is 3.13. The summed E-state index contributed by atoms with van der Waals surface area (Å²) in [5.74, 6) is 0.615. The van der Waals surface area contributed by atoms with Crippen LogP contribution in [0.15, 0.2) is 34.8 Å². The summed E-state index contributed by atoms with van der Waals surface area (Å²) >= 11 is 13.4. The number of ether oxygens (including phenoxy) is 4. The van der Waals surface area contributed by atoms with E-state index in [1.54, 1.807) is 36.4 Å². The molecule has 0 bridgehead atoms. The molecule has 5 heterocycles. The standard InChI is InChI=1S/C35H42Cl2N8O6/c1-35(2,44-8-6-42(7-9-44)23-19-50-20-23)14-22(15-38)32(46)43-17-24(18-43)51-11-10-45-31-21(16-40-34(39-3)41-31)12-25(33(45)47)28-29(36)26(48-4)13-27(49-5)30(28)37/h12-14,16,23-24H,6-11,17-20H2,1-5H3,(H,39,40,41). The summed E-state index contributed by atoms with van der Waals surface area (Å²) < 4.78 is 23.8. The number of carbonyl (C=O) groups is 1. The number of amides is 1. The third kappa shape index (κ3) is 7.37. The first-order valence-electron chi connectivity index (χ1n) is 16.8. The van der Waals surface area contributed by atoms with Crippen LogP contribution in [0.25, 0.3) is 22.2 Å². The molecule has 1 N–H and O–H groups in total. The van der Waals surface area contributed by atoms with Gasteiger partial charge in [-0.25, -0.2) is 4.98 Å². The van der Waals surface area contributed by atoms with Crippen LogP contribution < -0.4 is 20.3 Å². The maximum Gasteiger partial charge on any atom is 0.264 e. The van der Waals surface area contributed by atoms with Crippen LogP contribution in [0.3, 0.4) is 0 Å². The normalized spacial score (nSPS) is 17.9. The van der Waals surface area contributed by atoms with E-state index in [4.69, 9.17) is 42.1 Å². The number of piperazine rings is 1. The van der Waals surface area contributed by atoms with E-state index in [1.807, 2.05) is 13.8 Å². The van der Waals surface area contributed by atoms with E-state index < -0.39 is 11.1 Å². The molecule has 1 amide bonds. The number of fused-ring (bicyclic) bond motifs is 1. The minimum Gasteiger partial charge on any atom is -0.495 e. The Bertz CT molecular complexity index is 1900. The molecule has 3 saturated heterocycles. The number of pyridine rings is 1. The molecular weight excluding hydrogens is 699 g/mol. The van der Waals surface area contributed by atoms with Gasteiger partial charge in [-0.1, -0.05) is 23.2 Å². The fourth-order valence-electron chi connectivity index (χ4n) is 6.66. The largest absolute Gasteiger partial charge is 0.495 e. The topological polar surface area (TPSA) is 147 Å². The molecule has 3 fully saturated rings. The van der Waals surface area contributed by atoms with Crippen LogP contribution in [-0.2, 0) is 20.8 Å². The van der Waals surface area contributed by atoms with Crippen LogP contribution >= 0.6 is 23.2 Å². The second-order valence-electron chi connectivity index (χ2n) is 13.3. The Kier molecular flexibility index (Phi) is 11.1. The lowest BCUT2D eigenvalue weighted by atomic mass is 9.96. The second-order valence-corrected chi connectivity index (χ2v) is 14.0. The average molecular weight is 742 g/mol. The zero-order valence-electron chi connectivity index (χ0n) is 29.4. The van der Waals surface area contributed by atoms with Gasteiger partial charge in [0.25, 0.3) is 11.5 Å². The number of benzene rings is 1. The predicted octanol–water partition coefficient (Wildman–Crippen LogP) is 3.30. The van der Waals surface area contributed by atoms with Crippen LogP contribution in [-0.4, -0.2) is 133 Å². The lowest BCUT2D eigenvalue weighted by molar-refractivity contribution is -0.140. The van der Waals surface area contributed by atoms with E-state index in [9.17, 15) is 14.9 Å². The molecule has 3 aliphatic heterocycles. The molecule has 0 atom stereocenters. The van der Waals surface area contributed by atoms with Crippen LogP contribution in [0.4, 0.5) is 5.95 Å². The number of anilines is 1. The van der Waals surface area contributed by atoms with Gasteiger partial charge in [0.1, 0.15) is 28.8 Å². The highest BCUT2D eigenvalue weighted by Crippen LogP contribution is 2.45. The van der Waals surface area contributed by atoms with Gasteiger partial charge in [0.2, 0.25) is 5.95 Å². The van der Waals surface area contributed by atoms with Crippen LogP contribution in [0.1, 0.15) is 13.8 Å². The SMILES string of the molecule is CNc1ncc2cc(-c3c(Cl)c(OC)cc(OC)c3Cl)c(=O)n(CCOC3CN(C(=O)C(C#N)=CC(C)(C)N4CCN(C5COC5)CC4)C3)c2n1. The Balaban J connectivity index is 1.13. The van der Waals surface area contributed by atoms with Crippen molar-refractivity contribution >= 4 is 46.1 Å². The van der Waals surface area contributed by atoms with Crippen molar-refractivity contribution in [2.45, 2.75) is 38.1 Å². The molecular formula is C35H42Cl2N8O6. The van der Waals surface area contributed by atoms with Gasteiger partial charge >= 0.3 is 0 Å². The average Bonchev–Trinajstić information content (AvgIpc) is 3.08. The number of nitriles is 1. The molecule has 272 valence electrons. The molecule has 6 rings (SSSR count). The first kappa shape index (κ1) is 36.8. The summed E-state index contributed by atoms with van der Waals surface area (Å²) in [6, 6.07) is 5.82. The number of hydrogen-bond donors (Lipinski definition) is 1. The van der Waals surface area contributed by atoms with E-state index >= 15 is 0 Å². The summed E-state index contributed by atoms with van der Waals surface area (Å²) in [5, 5.41) is 13.7. The van der Waals surface area contributed by atoms with Crippen molar-refractivity contribution in [3.8, 4) is 28.7 Å². The molecule has 1 aromatic carbocycles. The molecule has 0 aliphatic carbocycles. The maximum atomic E-state index is 14.1. The van der Waals surface area contributed by atoms with Crippen molar-refractivity contribution in [1.82, 2.24) is 29.2 Å². The van der Waals surface area contributed by atoms with E-state index in [2.05, 4.69) is 31.2 Å². The van der Waals surface area contributed by atoms with E-state index in [1.165, 1.54) is 18.8 Å². The number of rotatable bonds is 12. The van der Waals surface area contributed by atoms with Crippen LogP contribution in [0.2, 0.25) is 10.0 Å². The summed E-state index contributed by atoms with van der Waals surface area (Å²) in [5.41, 5.74) is 0.122. The third-order valence-corrected chi connectivity index (χ3v) is 10.6. The number of methoxy groups -OCH3 is 2. The van der Waals surface area contributed by atoms with Crippen molar-refractivity contribution < 1.29 is 23.7 Å². The molecule has 2 aromatic heterocycles. The molecule has 3 aromatic rings. The van der Waals surface area contributed by atoms with Gasteiger partial charge in [0.15, 0.2) is 0 Å². The Labute approximate surface area is 306 Å². The number of halogens is 2. The molecule has 14 nitrogen and oxygen atoms in total. The molecule has 0 unspecified atom stereocenters. The first-order valence-corrected chi connectivity index (χ1v) is 17.5. The third-order valence-electron chi connectivity index (χ3n) is 9.81. The fourth-order valence-corrected chi connectivity index (χ4v) is 7.37. The van der Waals surface area contributed by atoms with Gasteiger partial charge in [-0.05, 0) is 26.0 Å². The number of nitrogens with zero attached hydrogens (tertiary/aromatic N) is 7. The zero-order valence-corrected chi connectivity index (χ0v) is 30.9. The molecule has 0 radical (unpaired) electrons. The molecule has 51 heavy (non-hydrogen) atoms. The van der Waals surface area contributed by atoms with Gasteiger partial charge in [0, 0.05) is 75.1 Å². The van der Waals surface area contributed by atoms with Crippen molar-refractivity contribution in [2.24, 2.45) is 0 Å². The zero-order chi connectivity index (χ0) is 36.4. The number of hydrogen-bond acceptors (Lipinski definition) is 12. The van der Waals surface area contributed by atoms with Crippen molar-refractivity contribution in [3.63, 3.8) is 0 Å². The van der Waals surface area contributed by atoms with E-state index in [-0.39, 0.29) is 51.9 Å². The summed E-state index contributed by atoms with van der Waals surface area (Å²) in [7, 11) is 4.61. The maximum absolute atomic E-state index is 14.1. The number of nitrogens with one attached hydrogen (secondary N) is 1. The summed E-state index contributed by atoms with van der Waals surface area (Å²) in [6.45, 7) is 10.2. The van der Waals surface area contributed by atoms with Crippen molar-refractivity contribution in [3.05, 3.63) is 50.4 Å². The highest BCUT2D eigenvalue weighted by atomic mass is 35.5. The highest BCUT2D eigenvalue weighted by molar-refractivity contribution is 6.41. The number of likely N-dealkylation sites (tertiary alicyclic amines) is 1. The number of aromatic nitrogens is 3. The van der Waals surface area contributed by atoms with Gasteiger partial charge in [0.05, 0.1) is 68.3 Å². The lowest BCUT2D eigenvalue weighted by Gasteiger charge is -2.46. The quantitative estimate of drug-likeness (QED) is 0.215. The summed E-state index contributed by atoms with van der Waals surface area (Å²) in [4.78, 5) is 42.7. The minimum absolute atomic E-state index is 0.120. The van der Waals surface area contributed by atoms with Crippen molar-refractivity contribution in [2.75, 3.05) is 85.7 Å². The van der Waals surface area contributed by atoms with Crippen molar-refractivity contribution in [1.29, 1.82) is 5.26 Å². The van der Waals surface area contributed by atoms with E-state index in [0.29, 0.717) is 47.6 Å². The smallest absolute Gasteiger partial charge is 0.264 e. The van der Waals surface area contributed by atoms with Gasteiger partial charge in [-0.2, -0.15) is 10.2 Å². The second kappa shape index (κ2) is 15.3. The Hall–Kier alpha value is -3.97. The highest BCUT2D eigenvalue weighted by Gasteiger charge is 2.37. The monoisotopic (exact) mass is 740 g/mol. The molecule has 0 spiro atoms. The van der Waals surface area contributed by atoms with Gasteiger partial charge < -0.3 is 29.2 Å². The number of carbonyl (C=O) groups excluding carboxylic acids is 1. The van der Waals surface area contributed by atoms with Gasteiger partial charge in [-0.15, -0.1) is 0 Å². The van der Waals surface area contributed by atoms with Gasteiger partial charge in [-0.3, -0.25) is 24.0 Å².